The molecule has 1 unspecified atom stereocenters. The Morgan fingerprint density at radius 3 is 1.67 bits per heavy atom. The van der Waals surface area contributed by atoms with Crippen molar-refractivity contribution in [2.24, 2.45) is 4.76 Å². The second kappa shape index (κ2) is 19.6. The minimum absolute atomic E-state index is 0.0782. The van der Waals surface area contributed by atoms with Gasteiger partial charge in [-0.25, -0.2) is 14.2 Å². The number of rotatable bonds is 16. The topological polar surface area (TPSA) is 210 Å². The number of nitrogens with zero attached hydrogens (tertiary/aromatic N) is 5. The minimum Gasteiger partial charge on any atom is -0.497 e. The van der Waals surface area contributed by atoms with Crippen LogP contribution in [0.4, 0.5) is 0 Å². The van der Waals surface area contributed by atoms with Gasteiger partial charge >= 0.3 is 19.1 Å². The molecule has 0 bridgehead atoms. The molecule has 3 fully saturated rings. The van der Waals surface area contributed by atoms with Gasteiger partial charge in [0.25, 0.3) is 11.1 Å². The molecule has 19 nitrogen and oxygen atoms in total. The number of hydrogen-bond acceptors (Lipinski definition) is 12. The molecule has 2 aromatic heterocycles. The Labute approximate surface area is 386 Å². The van der Waals surface area contributed by atoms with E-state index in [1.165, 1.54) is 21.5 Å². The molecule has 5 aromatic rings. The predicted octanol–water partition coefficient (Wildman–Crippen LogP) is 4.83. The number of hydrogen-bond donors (Lipinski definition) is 2. The Balaban J connectivity index is 1.21. The molecule has 20 heteroatoms. The van der Waals surface area contributed by atoms with Crippen LogP contribution in [0.5, 0.6) is 11.5 Å². The number of ether oxygens (including phenoxy) is 5. The number of likely N-dealkylation sites (N-methyl/N-ethyl adjacent to an activating group) is 2. The standard InChI is InChI=1S/C47H56N7O12P/c1-8-36-38(25-41(63-36)54-27-30(3)43(56)49-46(54)58)66-67(59,50-44-51(4)22-23-52(44)5)62-28-39-37(24-40(64-39)53-26-29(2)42(55)48-45(53)57)65-47(31-12-10-9-11-13-31,32-14-18-34(60-6)19-15-32)33-16-20-35(61-7)21-17-33/h9-21,26-27,36-41H,8,22-25,28H2,1-7H3,(H,48,55,57)(H,49,56,58)/t36-,37-,38-,39-,40-,41-,67?/m1/s1. The highest BCUT2D eigenvalue weighted by molar-refractivity contribution is 7.52. The molecule has 3 aliphatic rings. The Hall–Kier alpha value is -6.08. The molecular weight excluding hydrogens is 886 g/mol. The summed E-state index contributed by atoms with van der Waals surface area (Å²) in [5.74, 6) is 1.63. The van der Waals surface area contributed by atoms with Crippen LogP contribution < -0.4 is 32.0 Å². The summed E-state index contributed by atoms with van der Waals surface area (Å²) in [4.78, 5) is 59.6. The van der Waals surface area contributed by atoms with Crippen LogP contribution in [-0.4, -0.2) is 107 Å². The van der Waals surface area contributed by atoms with Crippen LogP contribution in [0, 0.1) is 13.8 Å². The maximum absolute atomic E-state index is 15.4. The fourth-order valence-electron chi connectivity index (χ4n) is 8.82. The molecule has 0 radical (unpaired) electrons. The predicted molar refractivity (Wildman–Crippen MR) is 248 cm³/mol. The number of benzene rings is 3. The molecule has 3 saturated heterocycles. The Morgan fingerprint density at radius 1 is 0.701 bits per heavy atom. The molecular formula is C47H56N7O12P. The van der Waals surface area contributed by atoms with E-state index < -0.39 is 79.3 Å². The lowest BCUT2D eigenvalue weighted by Gasteiger charge is -2.39. The second-order valence-corrected chi connectivity index (χ2v) is 18.5. The molecule has 3 aliphatic heterocycles. The molecule has 356 valence electrons. The fourth-order valence-corrected chi connectivity index (χ4v) is 10.4. The van der Waals surface area contributed by atoms with Gasteiger partial charge in [0.05, 0.1) is 39.1 Å². The number of aromatic amines is 2. The van der Waals surface area contributed by atoms with Crippen LogP contribution in [-0.2, 0) is 33.4 Å². The summed E-state index contributed by atoms with van der Waals surface area (Å²) in [5.41, 5.74) is -0.898. The Bertz CT molecular complexity index is 2810. The third-order valence-electron chi connectivity index (χ3n) is 12.5. The highest BCUT2D eigenvalue weighted by atomic mass is 31.2. The SMILES string of the molecule is CC[C@H]1O[C@@H](n2cc(C)c(=O)[nH]c2=O)C[C@H]1OP(=O)(N=C1N(C)CCN1C)OC[C@H]1O[C@@H](n2cc(C)c(=O)[nH]c2=O)C[C@H]1OC(c1ccccc1)(c1ccc(OC)cc1)c1ccc(OC)cc1. The zero-order valence-corrected chi connectivity index (χ0v) is 39.3. The molecule has 67 heavy (non-hydrogen) atoms. The Kier molecular flexibility index (Phi) is 13.9. The largest absolute Gasteiger partial charge is 0.497 e. The van der Waals surface area contributed by atoms with Gasteiger partial charge in [0.1, 0.15) is 35.7 Å². The van der Waals surface area contributed by atoms with E-state index >= 15 is 4.57 Å². The first-order valence-electron chi connectivity index (χ1n) is 22.1. The summed E-state index contributed by atoms with van der Waals surface area (Å²) >= 11 is 0. The maximum atomic E-state index is 15.4. The van der Waals surface area contributed by atoms with Crippen LogP contribution in [0.15, 0.2) is 115 Å². The van der Waals surface area contributed by atoms with E-state index in [0.29, 0.717) is 42.5 Å². The molecule has 2 N–H and O–H groups in total. The van der Waals surface area contributed by atoms with Crippen molar-refractivity contribution in [3.63, 3.8) is 0 Å². The third-order valence-corrected chi connectivity index (χ3v) is 13.9. The van der Waals surface area contributed by atoms with Crippen molar-refractivity contribution in [1.29, 1.82) is 0 Å². The van der Waals surface area contributed by atoms with Crippen LogP contribution in [0.25, 0.3) is 0 Å². The van der Waals surface area contributed by atoms with Gasteiger partial charge in [-0.05, 0) is 61.2 Å². The van der Waals surface area contributed by atoms with E-state index in [1.54, 1.807) is 28.1 Å². The van der Waals surface area contributed by atoms with E-state index in [-0.39, 0.29) is 18.4 Å². The lowest BCUT2D eigenvalue weighted by molar-refractivity contribution is -0.0981. The minimum atomic E-state index is -4.53. The van der Waals surface area contributed by atoms with Crippen molar-refractivity contribution in [2.45, 2.75) is 82.5 Å². The van der Waals surface area contributed by atoms with Crippen LogP contribution in [0.3, 0.4) is 0 Å². The third kappa shape index (κ3) is 9.70. The van der Waals surface area contributed by atoms with Crippen molar-refractivity contribution < 1.29 is 37.3 Å². The summed E-state index contributed by atoms with van der Waals surface area (Å²) in [6, 6.07) is 24.7. The molecule has 8 rings (SSSR count). The van der Waals surface area contributed by atoms with Gasteiger partial charge in [0, 0.05) is 63.5 Å². The van der Waals surface area contributed by atoms with Crippen molar-refractivity contribution >= 4 is 13.7 Å². The van der Waals surface area contributed by atoms with Gasteiger partial charge < -0.3 is 33.5 Å². The van der Waals surface area contributed by atoms with Gasteiger partial charge in [0.2, 0.25) is 5.96 Å². The number of H-pyrrole nitrogens is 2. The number of aryl methyl sites for hydroxylation is 2. The van der Waals surface area contributed by atoms with E-state index in [9.17, 15) is 19.2 Å². The van der Waals surface area contributed by atoms with Gasteiger partial charge in [-0.3, -0.25) is 37.7 Å². The van der Waals surface area contributed by atoms with E-state index in [4.69, 9.17) is 32.7 Å². The van der Waals surface area contributed by atoms with Crippen LogP contribution in [0.1, 0.15) is 66.5 Å². The first-order valence-corrected chi connectivity index (χ1v) is 23.6. The highest BCUT2D eigenvalue weighted by Crippen LogP contribution is 2.55. The van der Waals surface area contributed by atoms with Gasteiger partial charge in [-0.1, -0.05) is 61.5 Å². The van der Waals surface area contributed by atoms with Crippen molar-refractivity contribution in [3.05, 3.63) is 161 Å². The molecule has 0 spiro atoms. The summed E-state index contributed by atoms with van der Waals surface area (Å²) in [6.07, 6.45) is -1.83. The number of aromatic nitrogens is 4. The van der Waals surface area contributed by atoms with Crippen molar-refractivity contribution in [2.75, 3.05) is 48.0 Å². The number of nitrogens with one attached hydrogen (secondary N) is 2. The van der Waals surface area contributed by atoms with E-state index in [1.807, 2.05) is 110 Å². The van der Waals surface area contributed by atoms with Crippen molar-refractivity contribution in [3.8, 4) is 11.5 Å². The summed E-state index contributed by atoms with van der Waals surface area (Å²) in [5, 5.41) is 0. The number of methoxy groups -OCH3 is 2. The summed E-state index contributed by atoms with van der Waals surface area (Å²) in [7, 11) is 2.29. The summed E-state index contributed by atoms with van der Waals surface area (Å²) in [6.45, 7) is 5.85. The highest BCUT2D eigenvalue weighted by Gasteiger charge is 2.49. The average Bonchev–Trinajstić information content (AvgIpc) is 4.02. The van der Waals surface area contributed by atoms with Gasteiger partial charge in [-0.2, -0.15) is 0 Å². The second-order valence-electron chi connectivity index (χ2n) is 16.9. The number of guanidine groups is 1. The Morgan fingerprint density at radius 2 is 1.18 bits per heavy atom. The normalized spacial score (nSPS) is 22.8. The maximum Gasteiger partial charge on any atom is 0.457 e. The fraction of sp³-hybridized carbons (Fsp3) is 0.426. The smallest absolute Gasteiger partial charge is 0.457 e. The van der Waals surface area contributed by atoms with Crippen LogP contribution in [0.2, 0.25) is 0 Å². The molecule has 7 atom stereocenters. The van der Waals surface area contributed by atoms with Gasteiger partial charge in [0.15, 0.2) is 0 Å². The quantitative estimate of drug-likeness (QED) is 0.100. The zero-order valence-electron chi connectivity index (χ0n) is 38.4. The molecule has 0 aliphatic carbocycles. The average molecular weight is 942 g/mol. The molecule has 5 heterocycles. The van der Waals surface area contributed by atoms with E-state index in [0.717, 1.165) is 16.7 Å². The first-order chi connectivity index (χ1) is 32.1. The lowest BCUT2D eigenvalue weighted by atomic mass is 9.79. The molecule has 0 saturated carbocycles. The van der Waals surface area contributed by atoms with Crippen LogP contribution >= 0.6 is 7.75 Å². The zero-order chi connectivity index (χ0) is 47.6. The van der Waals surface area contributed by atoms with Gasteiger partial charge in [-0.15, -0.1) is 4.76 Å². The first kappa shape index (κ1) is 47.4. The molecule has 3 aromatic carbocycles. The monoisotopic (exact) mass is 941 g/mol. The lowest BCUT2D eigenvalue weighted by Crippen LogP contribution is -2.41. The molecule has 0 amide bonds. The summed E-state index contributed by atoms with van der Waals surface area (Å²) < 4.78 is 67.3. The van der Waals surface area contributed by atoms with E-state index in [2.05, 4.69) is 14.7 Å². The van der Waals surface area contributed by atoms with Crippen molar-refractivity contribution in [1.82, 2.24) is 28.9 Å².